The van der Waals surface area contributed by atoms with Crippen molar-refractivity contribution in [2.24, 2.45) is 0 Å². The van der Waals surface area contributed by atoms with Gasteiger partial charge in [-0.05, 0) is 42.8 Å². The molecule has 0 aliphatic carbocycles. The predicted molar refractivity (Wildman–Crippen MR) is 90.2 cm³/mol. The molecule has 0 fully saturated rings. The molecular weight excluding hydrogens is 314 g/mol. The maximum atomic E-state index is 6.08. The fourth-order valence-electron chi connectivity index (χ4n) is 1.91. The summed E-state index contributed by atoms with van der Waals surface area (Å²) in [5, 5.41) is 3.70. The number of aryl methyl sites for hydroxylation is 1. The van der Waals surface area contributed by atoms with Crippen LogP contribution in [0.1, 0.15) is 5.56 Å². The van der Waals surface area contributed by atoms with Gasteiger partial charge in [-0.3, -0.25) is 0 Å². The van der Waals surface area contributed by atoms with Crippen molar-refractivity contribution < 1.29 is 4.74 Å². The molecule has 0 radical (unpaired) electrons. The summed E-state index contributed by atoms with van der Waals surface area (Å²) < 4.78 is 5.73. The van der Waals surface area contributed by atoms with Crippen molar-refractivity contribution >= 4 is 28.9 Å². The number of nitrogens with zero attached hydrogens (tertiary/aromatic N) is 3. The number of ether oxygens (including phenoxy) is 1. The number of nitrogens with two attached hydrogens (primary N) is 1. The Hall–Kier alpha value is -2.86. The van der Waals surface area contributed by atoms with Crippen LogP contribution in [0.3, 0.4) is 0 Å². The Morgan fingerprint density at radius 2 is 2.00 bits per heavy atom. The van der Waals surface area contributed by atoms with Crippen molar-refractivity contribution in [2.75, 3.05) is 11.1 Å². The largest absolute Gasteiger partial charge is 0.437 e. The molecule has 0 atom stereocenters. The second-order valence-corrected chi connectivity index (χ2v) is 5.20. The van der Waals surface area contributed by atoms with Gasteiger partial charge in [0.15, 0.2) is 5.82 Å². The van der Waals surface area contributed by atoms with E-state index in [0.717, 1.165) is 5.56 Å². The molecule has 0 aliphatic heterocycles. The van der Waals surface area contributed by atoms with Crippen molar-refractivity contribution in [1.29, 1.82) is 0 Å². The summed E-state index contributed by atoms with van der Waals surface area (Å²) in [6, 6.07) is 10.8. The second kappa shape index (κ2) is 6.50. The van der Waals surface area contributed by atoms with Crippen LogP contribution < -0.4 is 15.8 Å². The van der Waals surface area contributed by atoms with Crippen LogP contribution >= 0.6 is 11.6 Å². The molecule has 0 spiro atoms. The molecule has 0 amide bonds. The number of rotatable bonds is 4. The van der Waals surface area contributed by atoms with Crippen molar-refractivity contribution in [3.8, 4) is 11.6 Å². The fraction of sp³-hybridized carbons (Fsp3) is 0.0625. The average molecular weight is 328 g/mol. The minimum absolute atomic E-state index is 0.264. The van der Waals surface area contributed by atoms with Gasteiger partial charge in [-0.1, -0.05) is 17.7 Å². The summed E-state index contributed by atoms with van der Waals surface area (Å²) in [5.74, 6) is 1.92. The molecule has 3 aromatic rings. The molecule has 2 aromatic heterocycles. The van der Waals surface area contributed by atoms with Gasteiger partial charge in [-0.2, -0.15) is 4.98 Å². The molecule has 23 heavy (non-hydrogen) atoms. The Morgan fingerprint density at radius 3 is 2.74 bits per heavy atom. The van der Waals surface area contributed by atoms with Gasteiger partial charge in [0.05, 0.1) is 0 Å². The van der Waals surface area contributed by atoms with Gasteiger partial charge in [0.2, 0.25) is 5.88 Å². The summed E-state index contributed by atoms with van der Waals surface area (Å²) >= 11 is 6.01. The molecule has 0 unspecified atom stereocenters. The van der Waals surface area contributed by atoms with Crippen molar-refractivity contribution in [1.82, 2.24) is 15.0 Å². The molecule has 116 valence electrons. The Balaban J connectivity index is 1.86. The molecule has 0 aliphatic rings. The van der Waals surface area contributed by atoms with Crippen molar-refractivity contribution in [3.05, 3.63) is 59.5 Å². The molecule has 3 N–H and O–H groups in total. The molecular formula is C16H14ClN5O. The zero-order chi connectivity index (χ0) is 16.2. The van der Waals surface area contributed by atoms with E-state index in [1.54, 1.807) is 18.3 Å². The molecule has 0 saturated heterocycles. The number of benzene rings is 1. The summed E-state index contributed by atoms with van der Waals surface area (Å²) in [6.07, 6.45) is 3.05. The Morgan fingerprint density at radius 1 is 1.13 bits per heavy atom. The van der Waals surface area contributed by atoms with E-state index in [0.29, 0.717) is 28.1 Å². The maximum Gasteiger partial charge on any atom is 0.248 e. The van der Waals surface area contributed by atoms with Crippen LogP contribution in [-0.2, 0) is 0 Å². The summed E-state index contributed by atoms with van der Waals surface area (Å²) in [5.41, 5.74) is 7.28. The highest BCUT2D eigenvalue weighted by Gasteiger charge is 2.11. The fourth-order valence-corrected chi connectivity index (χ4v) is 2.03. The highest BCUT2D eigenvalue weighted by Crippen LogP contribution is 2.31. The number of nitrogens with one attached hydrogen (secondary N) is 1. The summed E-state index contributed by atoms with van der Waals surface area (Å²) in [4.78, 5) is 12.4. The molecule has 7 heteroatoms. The van der Waals surface area contributed by atoms with Crippen molar-refractivity contribution in [2.45, 2.75) is 6.92 Å². The van der Waals surface area contributed by atoms with Crippen LogP contribution in [0.2, 0.25) is 5.02 Å². The Bertz CT molecular complexity index is 826. The van der Waals surface area contributed by atoms with Crippen LogP contribution in [0, 0.1) is 6.92 Å². The molecule has 2 heterocycles. The third-order valence-electron chi connectivity index (χ3n) is 3.10. The summed E-state index contributed by atoms with van der Waals surface area (Å²) in [6.45, 7) is 1.90. The number of halogens is 1. The minimum atomic E-state index is 0.264. The van der Waals surface area contributed by atoms with Gasteiger partial charge >= 0.3 is 0 Å². The van der Waals surface area contributed by atoms with E-state index in [2.05, 4.69) is 20.3 Å². The first-order valence-electron chi connectivity index (χ1n) is 6.86. The topological polar surface area (TPSA) is 86.0 Å². The van der Waals surface area contributed by atoms with Crippen LogP contribution in [0.15, 0.2) is 48.9 Å². The maximum absolute atomic E-state index is 6.08. The Labute approximate surface area is 138 Å². The van der Waals surface area contributed by atoms with Crippen LogP contribution in [0.25, 0.3) is 0 Å². The van der Waals surface area contributed by atoms with E-state index in [9.17, 15) is 0 Å². The molecule has 0 bridgehead atoms. The Kier molecular flexibility index (Phi) is 4.25. The van der Waals surface area contributed by atoms with Gasteiger partial charge in [-0.25, -0.2) is 9.97 Å². The highest BCUT2D eigenvalue weighted by molar-refractivity contribution is 6.31. The lowest BCUT2D eigenvalue weighted by Crippen LogP contribution is -2.03. The average Bonchev–Trinajstić information content (AvgIpc) is 2.56. The molecule has 1 aromatic carbocycles. The highest BCUT2D eigenvalue weighted by atomic mass is 35.5. The standard InChI is InChI=1S/C16H14ClN5O/c1-10-8-11(5-6-12(10)17)23-16-14(18)15(20-9-21-16)22-13-4-2-3-7-19-13/h2-9H,18H2,1H3,(H,19,20,21,22). The van der Waals surface area contributed by atoms with E-state index in [4.69, 9.17) is 22.1 Å². The lowest BCUT2D eigenvalue weighted by atomic mass is 10.2. The first-order chi connectivity index (χ1) is 11.1. The minimum Gasteiger partial charge on any atom is -0.437 e. The van der Waals surface area contributed by atoms with Gasteiger partial charge < -0.3 is 15.8 Å². The SMILES string of the molecule is Cc1cc(Oc2ncnc(Nc3ccccn3)c2N)ccc1Cl. The van der Waals surface area contributed by atoms with E-state index in [1.165, 1.54) is 6.33 Å². The molecule has 0 saturated carbocycles. The number of hydrogen-bond donors (Lipinski definition) is 2. The van der Waals surface area contributed by atoms with Gasteiger partial charge in [0.25, 0.3) is 0 Å². The zero-order valence-electron chi connectivity index (χ0n) is 12.3. The quantitative estimate of drug-likeness (QED) is 0.754. The number of aromatic nitrogens is 3. The third-order valence-corrected chi connectivity index (χ3v) is 3.53. The first-order valence-corrected chi connectivity index (χ1v) is 7.24. The van der Waals surface area contributed by atoms with E-state index >= 15 is 0 Å². The lowest BCUT2D eigenvalue weighted by molar-refractivity contribution is 0.464. The van der Waals surface area contributed by atoms with Crippen LogP contribution in [-0.4, -0.2) is 15.0 Å². The first kappa shape index (κ1) is 15.1. The number of anilines is 3. The van der Waals surface area contributed by atoms with E-state index < -0.39 is 0 Å². The van der Waals surface area contributed by atoms with Crippen LogP contribution in [0.5, 0.6) is 11.6 Å². The normalized spacial score (nSPS) is 10.3. The summed E-state index contributed by atoms with van der Waals surface area (Å²) in [7, 11) is 0. The number of nitrogen functional groups attached to an aromatic ring is 1. The van der Waals surface area contributed by atoms with Gasteiger partial charge in [0, 0.05) is 11.2 Å². The van der Waals surface area contributed by atoms with E-state index in [-0.39, 0.29) is 5.88 Å². The molecule has 3 rings (SSSR count). The van der Waals surface area contributed by atoms with Gasteiger partial charge in [-0.15, -0.1) is 0 Å². The van der Waals surface area contributed by atoms with Crippen molar-refractivity contribution in [3.63, 3.8) is 0 Å². The number of hydrogen-bond acceptors (Lipinski definition) is 6. The molecule has 6 nitrogen and oxygen atoms in total. The van der Waals surface area contributed by atoms with Gasteiger partial charge in [0.1, 0.15) is 23.6 Å². The van der Waals surface area contributed by atoms with Crippen LogP contribution in [0.4, 0.5) is 17.3 Å². The van der Waals surface area contributed by atoms with E-state index in [1.807, 2.05) is 31.2 Å². The third kappa shape index (κ3) is 3.49. The predicted octanol–water partition coefficient (Wildman–Crippen LogP) is 3.95. The monoisotopic (exact) mass is 327 g/mol. The zero-order valence-corrected chi connectivity index (χ0v) is 13.1. The number of pyridine rings is 1. The lowest BCUT2D eigenvalue weighted by Gasteiger charge is -2.11. The second-order valence-electron chi connectivity index (χ2n) is 4.79. The smallest absolute Gasteiger partial charge is 0.248 e.